The first-order valence-electron chi connectivity index (χ1n) is 6.78. The molecule has 2 atom stereocenters. The number of hydrogen-bond acceptors (Lipinski definition) is 2. The Kier molecular flexibility index (Phi) is 2.03. The third kappa shape index (κ3) is 1.21. The second-order valence-corrected chi connectivity index (χ2v) is 5.58. The fraction of sp³-hybridized carbons (Fsp3) is 0.294. The fourth-order valence-corrected chi connectivity index (χ4v) is 3.88. The minimum absolute atomic E-state index is 0.0218. The largest absolute Gasteiger partial charge is 0.285 e. The summed E-state index contributed by atoms with van der Waals surface area (Å²) in [4.78, 5) is 24.4. The molecule has 0 N–H and O–H groups in total. The van der Waals surface area contributed by atoms with Gasteiger partial charge < -0.3 is 0 Å². The lowest BCUT2D eigenvalue weighted by atomic mass is 9.68. The highest BCUT2D eigenvalue weighted by Crippen LogP contribution is 2.51. The van der Waals surface area contributed by atoms with Gasteiger partial charge >= 0.3 is 0 Å². The first-order chi connectivity index (χ1) is 9.20. The molecule has 0 aliphatic heterocycles. The van der Waals surface area contributed by atoms with Crippen molar-refractivity contribution in [1.82, 2.24) is 0 Å². The summed E-state index contributed by atoms with van der Waals surface area (Å²) in [5, 5.41) is 0. The molecule has 2 heteroatoms. The molecule has 0 aromatic rings. The van der Waals surface area contributed by atoms with Crippen molar-refractivity contribution >= 4 is 11.6 Å². The van der Waals surface area contributed by atoms with E-state index in [1.54, 1.807) is 0 Å². The van der Waals surface area contributed by atoms with Crippen molar-refractivity contribution in [3.63, 3.8) is 0 Å². The van der Waals surface area contributed by atoms with Crippen LogP contribution >= 0.6 is 0 Å². The van der Waals surface area contributed by atoms with Gasteiger partial charge in [0.25, 0.3) is 0 Å². The van der Waals surface area contributed by atoms with Gasteiger partial charge in [-0.3, -0.25) is 9.59 Å². The summed E-state index contributed by atoms with van der Waals surface area (Å²) >= 11 is 0. The third-order valence-electron chi connectivity index (χ3n) is 4.74. The minimum atomic E-state index is -0.294. The zero-order valence-corrected chi connectivity index (χ0v) is 10.8. The lowest BCUT2D eigenvalue weighted by molar-refractivity contribution is -0.130. The Balaban J connectivity index is 2.03. The molecule has 0 bridgehead atoms. The van der Waals surface area contributed by atoms with E-state index in [0.29, 0.717) is 5.57 Å². The lowest BCUT2D eigenvalue weighted by Crippen LogP contribution is -2.25. The molecule has 94 valence electrons. The number of allylic oxidation sites excluding steroid dienone is 10. The van der Waals surface area contributed by atoms with Gasteiger partial charge in [-0.2, -0.15) is 0 Å². The first kappa shape index (κ1) is 10.9. The number of rotatable bonds is 0. The molecule has 0 saturated heterocycles. The van der Waals surface area contributed by atoms with Gasteiger partial charge in [0, 0.05) is 23.0 Å². The molecule has 1 saturated carbocycles. The van der Waals surface area contributed by atoms with Gasteiger partial charge in [0.05, 0.1) is 0 Å². The summed E-state index contributed by atoms with van der Waals surface area (Å²) in [6.45, 7) is 2.01. The lowest BCUT2D eigenvalue weighted by Gasteiger charge is -2.34. The van der Waals surface area contributed by atoms with Crippen LogP contribution in [0.15, 0.2) is 58.2 Å². The molecule has 0 radical (unpaired) electrons. The van der Waals surface area contributed by atoms with Crippen molar-refractivity contribution in [1.29, 1.82) is 0 Å². The second-order valence-electron chi connectivity index (χ2n) is 5.58. The van der Waals surface area contributed by atoms with E-state index in [1.165, 1.54) is 11.1 Å². The number of Topliss-reactive ketones (excluding diaryl/α,β-unsaturated/α-hetero) is 2. The van der Waals surface area contributed by atoms with Gasteiger partial charge in [0.2, 0.25) is 11.6 Å². The molecule has 0 aromatic heterocycles. The van der Waals surface area contributed by atoms with Crippen molar-refractivity contribution < 1.29 is 9.59 Å². The maximum absolute atomic E-state index is 12.3. The quantitative estimate of drug-likeness (QED) is 0.619. The average Bonchev–Trinajstić information content (AvgIpc) is 2.70. The van der Waals surface area contributed by atoms with E-state index in [-0.39, 0.29) is 23.4 Å². The molecular formula is C17H14O2. The van der Waals surface area contributed by atoms with Crippen molar-refractivity contribution in [2.75, 3.05) is 0 Å². The number of hydrogen-bond donors (Lipinski definition) is 0. The van der Waals surface area contributed by atoms with Crippen LogP contribution in [0.1, 0.15) is 19.8 Å². The van der Waals surface area contributed by atoms with Crippen LogP contribution in [0.2, 0.25) is 0 Å². The molecule has 2 nitrogen and oxygen atoms in total. The Morgan fingerprint density at radius 1 is 1.21 bits per heavy atom. The van der Waals surface area contributed by atoms with Gasteiger partial charge in [0.1, 0.15) is 0 Å². The molecule has 0 spiro atoms. The van der Waals surface area contributed by atoms with Crippen molar-refractivity contribution in [2.45, 2.75) is 19.8 Å². The number of fused-ring (bicyclic) bond motifs is 1. The maximum Gasteiger partial charge on any atom is 0.230 e. The zero-order chi connectivity index (χ0) is 13.1. The first-order valence-corrected chi connectivity index (χ1v) is 6.78. The summed E-state index contributed by atoms with van der Waals surface area (Å²) < 4.78 is 0. The number of ketones is 2. The smallest absolute Gasteiger partial charge is 0.230 e. The Morgan fingerprint density at radius 2 is 2.05 bits per heavy atom. The molecule has 0 heterocycles. The highest BCUT2D eigenvalue weighted by Gasteiger charge is 2.49. The van der Waals surface area contributed by atoms with Crippen molar-refractivity contribution in [3.8, 4) is 0 Å². The van der Waals surface area contributed by atoms with Gasteiger partial charge in [-0.15, -0.1) is 0 Å². The average molecular weight is 250 g/mol. The Bertz CT molecular complexity index is 680. The third-order valence-corrected chi connectivity index (χ3v) is 4.74. The highest BCUT2D eigenvalue weighted by atomic mass is 16.2. The monoisotopic (exact) mass is 250 g/mol. The van der Waals surface area contributed by atoms with E-state index in [4.69, 9.17) is 0 Å². The summed E-state index contributed by atoms with van der Waals surface area (Å²) in [5.74, 6) is -0.409. The van der Waals surface area contributed by atoms with Crippen LogP contribution in [0.3, 0.4) is 0 Å². The van der Waals surface area contributed by atoms with Gasteiger partial charge in [-0.05, 0) is 36.5 Å². The van der Waals surface area contributed by atoms with Gasteiger partial charge in [-0.1, -0.05) is 30.4 Å². The van der Waals surface area contributed by atoms with Crippen LogP contribution in [0.4, 0.5) is 0 Å². The van der Waals surface area contributed by atoms with Crippen LogP contribution in [0.5, 0.6) is 0 Å². The van der Waals surface area contributed by atoms with Crippen LogP contribution < -0.4 is 0 Å². The standard InChI is InChI=1S/C17H14O2/c1-9-10-5-2-3-6-11(10)12-7-4-8-13-15(12)14(9)17(19)16(13)18/h3-4,6-8,12,15H,2,5H2,1H3. The molecule has 2 unspecified atom stereocenters. The van der Waals surface area contributed by atoms with Crippen LogP contribution in [-0.4, -0.2) is 11.6 Å². The number of carbonyl (C=O) groups excluding carboxylic acids is 2. The van der Waals surface area contributed by atoms with E-state index in [9.17, 15) is 9.59 Å². The summed E-state index contributed by atoms with van der Waals surface area (Å²) in [7, 11) is 0. The van der Waals surface area contributed by atoms with E-state index in [1.807, 2.05) is 19.1 Å². The van der Waals surface area contributed by atoms with Crippen molar-refractivity contribution in [2.24, 2.45) is 11.8 Å². The summed E-state index contributed by atoms with van der Waals surface area (Å²) in [5.41, 5.74) is 5.10. The molecule has 0 aromatic carbocycles. The molecular weight excluding hydrogens is 236 g/mol. The predicted octanol–water partition coefficient (Wildman–Crippen LogP) is 2.84. The topological polar surface area (TPSA) is 34.1 Å². The Labute approximate surface area is 111 Å². The SMILES string of the molecule is CC1=C2C(=O)C(=O)C3=CC=CC(C4=C1CCC=C4)C32. The van der Waals surface area contributed by atoms with Crippen LogP contribution in [0.25, 0.3) is 0 Å². The maximum atomic E-state index is 12.3. The van der Waals surface area contributed by atoms with E-state index in [2.05, 4.69) is 18.2 Å². The Morgan fingerprint density at radius 3 is 2.89 bits per heavy atom. The normalized spacial score (nSPS) is 31.7. The molecule has 19 heavy (non-hydrogen) atoms. The molecule has 4 aliphatic carbocycles. The van der Waals surface area contributed by atoms with Crippen molar-refractivity contribution in [3.05, 3.63) is 58.2 Å². The van der Waals surface area contributed by atoms with Gasteiger partial charge in [-0.25, -0.2) is 0 Å². The highest BCUT2D eigenvalue weighted by molar-refractivity contribution is 6.53. The van der Waals surface area contributed by atoms with Gasteiger partial charge in [0.15, 0.2) is 0 Å². The van der Waals surface area contributed by atoms with Crippen LogP contribution in [-0.2, 0) is 9.59 Å². The van der Waals surface area contributed by atoms with E-state index < -0.39 is 0 Å². The number of carbonyl (C=O) groups is 2. The molecule has 4 rings (SSSR count). The van der Waals surface area contributed by atoms with E-state index >= 15 is 0 Å². The van der Waals surface area contributed by atoms with E-state index in [0.717, 1.165) is 24.0 Å². The zero-order valence-electron chi connectivity index (χ0n) is 10.8. The fourth-order valence-electron chi connectivity index (χ4n) is 3.88. The minimum Gasteiger partial charge on any atom is -0.285 e. The molecule has 4 aliphatic rings. The molecule has 0 amide bonds. The summed E-state index contributed by atoms with van der Waals surface area (Å²) in [6.07, 6.45) is 12.3. The second kappa shape index (κ2) is 3.53. The molecule has 1 fully saturated rings. The van der Waals surface area contributed by atoms with Crippen LogP contribution in [0, 0.1) is 11.8 Å². The summed E-state index contributed by atoms with van der Waals surface area (Å²) in [6, 6.07) is 0. The predicted molar refractivity (Wildman–Crippen MR) is 72.3 cm³/mol. The Hall–Kier alpha value is -1.96.